The van der Waals surface area contributed by atoms with Crippen molar-refractivity contribution in [3.05, 3.63) is 35.4 Å². The second kappa shape index (κ2) is 5.11. The predicted octanol–water partition coefficient (Wildman–Crippen LogP) is 2.98. The zero-order valence-electron chi connectivity index (χ0n) is 11.7. The minimum absolute atomic E-state index is 0.641. The summed E-state index contributed by atoms with van der Waals surface area (Å²) < 4.78 is 2.41. The first-order valence-corrected chi connectivity index (χ1v) is 8.20. The lowest BCUT2D eigenvalue weighted by Gasteiger charge is -2.06. The van der Waals surface area contributed by atoms with Crippen LogP contribution in [0, 0.1) is 0 Å². The number of anilines is 1. The molecule has 0 atom stereocenters. The quantitative estimate of drug-likeness (QED) is 0.786. The van der Waals surface area contributed by atoms with Crippen LogP contribution in [0.2, 0.25) is 0 Å². The molecule has 6 heteroatoms. The Morgan fingerprint density at radius 2 is 2.19 bits per heavy atom. The van der Waals surface area contributed by atoms with Crippen LogP contribution in [0.1, 0.15) is 36.8 Å². The highest BCUT2D eigenvalue weighted by atomic mass is 32.1. The van der Waals surface area contributed by atoms with Gasteiger partial charge >= 0.3 is 0 Å². The molecule has 0 aliphatic heterocycles. The van der Waals surface area contributed by atoms with Crippen molar-refractivity contribution in [2.24, 2.45) is 0 Å². The molecule has 0 unspecified atom stereocenters. The first-order valence-electron chi connectivity index (χ1n) is 7.32. The second-order valence-electron chi connectivity index (χ2n) is 5.52. The number of rotatable bonds is 5. The van der Waals surface area contributed by atoms with Crippen LogP contribution in [-0.2, 0) is 12.8 Å². The SMILES string of the molecule is Nc1nc(CCCc2nc3cnccc3n2C2CC2)cs1. The molecule has 3 aromatic heterocycles. The summed E-state index contributed by atoms with van der Waals surface area (Å²) in [5, 5.41) is 2.70. The van der Waals surface area contributed by atoms with E-state index in [1.807, 2.05) is 17.8 Å². The number of nitrogens with zero attached hydrogens (tertiary/aromatic N) is 4. The Bertz CT molecular complexity index is 771. The lowest BCUT2D eigenvalue weighted by molar-refractivity contribution is 0.668. The van der Waals surface area contributed by atoms with Gasteiger partial charge in [0.25, 0.3) is 0 Å². The van der Waals surface area contributed by atoms with Crippen LogP contribution in [0.3, 0.4) is 0 Å². The molecule has 1 aliphatic rings. The number of thiazole rings is 1. The summed E-state index contributed by atoms with van der Waals surface area (Å²) in [6.07, 6.45) is 9.23. The van der Waals surface area contributed by atoms with Gasteiger partial charge in [-0.2, -0.15) is 0 Å². The van der Waals surface area contributed by atoms with Gasteiger partial charge in [0.1, 0.15) is 11.3 Å². The van der Waals surface area contributed by atoms with Crippen LogP contribution < -0.4 is 5.73 Å². The van der Waals surface area contributed by atoms with Gasteiger partial charge in [-0.3, -0.25) is 4.98 Å². The van der Waals surface area contributed by atoms with Crippen LogP contribution in [0.4, 0.5) is 5.13 Å². The average Bonchev–Trinajstić information content (AvgIpc) is 3.13. The lowest BCUT2D eigenvalue weighted by Crippen LogP contribution is -2.02. The van der Waals surface area contributed by atoms with Gasteiger partial charge in [0, 0.05) is 24.0 Å². The normalized spacial score (nSPS) is 14.9. The molecule has 0 spiro atoms. The van der Waals surface area contributed by atoms with E-state index in [1.54, 1.807) is 0 Å². The standard InChI is InChI=1S/C15H17N5S/c16-15-18-10(9-21-15)2-1-3-14-19-12-8-17-7-6-13(12)20(14)11-4-5-11/h6-9,11H,1-5H2,(H2,16,18). The van der Waals surface area contributed by atoms with Crippen molar-refractivity contribution in [3.63, 3.8) is 0 Å². The highest BCUT2D eigenvalue weighted by Gasteiger charge is 2.27. The van der Waals surface area contributed by atoms with Gasteiger partial charge in [-0.25, -0.2) is 9.97 Å². The van der Waals surface area contributed by atoms with E-state index in [0.29, 0.717) is 11.2 Å². The monoisotopic (exact) mass is 299 g/mol. The van der Waals surface area contributed by atoms with Gasteiger partial charge in [-0.15, -0.1) is 11.3 Å². The fourth-order valence-corrected chi connectivity index (χ4v) is 3.38. The number of nitrogens with two attached hydrogens (primary N) is 1. The number of pyridine rings is 1. The Labute approximate surface area is 126 Å². The second-order valence-corrected chi connectivity index (χ2v) is 6.41. The van der Waals surface area contributed by atoms with Crippen LogP contribution in [-0.4, -0.2) is 19.5 Å². The van der Waals surface area contributed by atoms with Gasteiger partial charge in [-0.1, -0.05) is 0 Å². The third-order valence-corrected chi connectivity index (χ3v) is 4.60. The minimum atomic E-state index is 0.641. The molecule has 0 aromatic carbocycles. The first kappa shape index (κ1) is 12.8. The molecule has 3 aromatic rings. The molecule has 1 fully saturated rings. The maximum atomic E-state index is 5.67. The summed E-state index contributed by atoms with van der Waals surface area (Å²) in [6, 6.07) is 2.72. The van der Waals surface area contributed by atoms with Gasteiger partial charge in [-0.05, 0) is 31.7 Å². The molecular weight excluding hydrogens is 282 g/mol. The smallest absolute Gasteiger partial charge is 0.180 e. The third-order valence-electron chi connectivity index (χ3n) is 3.88. The summed E-state index contributed by atoms with van der Waals surface area (Å²) in [4.78, 5) is 13.3. The van der Waals surface area contributed by atoms with E-state index in [0.717, 1.165) is 30.5 Å². The summed E-state index contributed by atoms with van der Waals surface area (Å²) in [5.74, 6) is 1.18. The minimum Gasteiger partial charge on any atom is -0.375 e. The predicted molar refractivity (Wildman–Crippen MR) is 84.4 cm³/mol. The van der Waals surface area contributed by atoms with Crippen molar-refractivity contribution in [2.75, 3.05) is 5.73 Å². The highest BCUT2D eigenvalue weighted by molar-refractivity contribution is 7.13. The molecule has 21 heavy (non-hydrogen) atoms. The van der Waals surface area contributed by atoms with Crippen LogP contribution in [0.5, 0.6) is 0 Å². The Morgan fingerprint density at radius 3 is 2.95 bits per heavy atom. The number of imidazole rings is 1. The van der Waals surface area contributed by atoms with Crippen molar-refractivity contribution in [1.29, 1.82) is 0 Å². The average molecular weight is 299 g/mol. The number of fused-ring (bicyclic) bond motifs is 1. The Balaban J connectivity index is 1.54. The molecule has 3 heterocycles. The topological polar surface area (TPSA) is 69.6 Å². The van der Waals surface area contributed by atoms with Crippen LogP contribution in [0.15, 0.2) is 23.8 Å². The van der Waals surface area contributed by atoms with Crippen LogP contribution in [0.25, 0.3) is 11.0 Å². The molecule has 0 radical (unpaired) electrons. The van der Waals surface area contributed by atoms with Gasteiger partial charge in [0.2, 0.25) is 0 Å². The van der Waals surface area contributed by atoms with Crippen molar-refractivity contribution < 1.29 is 0 Å². The van der Waals surface area contributed by atoms with Gasteiger partial charge < -0.3 is 10.3 Å². The van der Waals surface area contributed by atoms with E-state index in [1.165, 1.54) is 35.5 Å². The summed E-state index contributed by atoms with van der Waals surface area (Å²) in [6.45, 7) is 0. The largest absolute Gasteiger partial charge is 0.375 e. The van der Waals surface area contributed by atoms with E-state index in [4.69, 9.17) is 10.7 Å². The van der Waals surface area contributed by atoms with E-state index in [9.17, 15) is 0 Å². The maximum absolute atomic E-state index is 5.67. The molecule has 1 saturated carbocycles. The van der Waals surface area contributed by atoms with Crippen LogP contribution >= 0.6 is 11.3 Å². The fourth-order valence-electron chi connectivity index (χ4n) is 2.78. The Hall–Kier alpha value is -1.95. The van der Waals surface area contributed by atoms with E-state index < -0.39 is 0 Å². The van der Waals surface area contributed by atoms with E-state index >= 15 is 0 Å². The Kier molecular flexibility index (Phi) is 3.11. The summed E-state index contributed by atoms with van der Waals surface area (Å²) in [5.41, 5.74) is 8.99. The number of nitrogen functional groups attached to an aromatic ring is 1. The van der Waals surface area contributed by atoms with Gasteiger partial charge in [0.05, 0.1) is 17.4 Å². The molecule has 0 bridgehead atoms. The molecule has 2 N–H and O–H groups in total. The number of aromatic nitrogens is 4. The molecule has 4 rings (SSSR count). The molecule has 0 saturated heterocycles. The van der Waals surface area contributed by atoms with Crippen molar-refractivity contribution in [3.8, 4) is 0 Å². The first-order chi connectivity index (χ1) is 10.3. The van der Waals surface area contributed by atoms with Crippen molar-refractivity contribution >= 4 is 27.5 Å². The molecule has 108 valence electrons. The zero-order chi connectivity index (χ0) is 14.2. The van der Waals surface area contributed by atoms with E-state index in [2.05, 4.69) is 20.6 Å². The molecule has 1 aliphatic carbocycles. The van der Waals surface area contributed by atoms with E-state index in [-0.39, 0.29) is 0 Å². The molecule has 0 amide bonds. The Morgan fingerprint density at radius 1 is 1.29 bits per heavy atom. The third kappa shape index (κ3) is 2.51. The zero-order valence-corrected chi connectivity index (χ0v) is 12.5. The van der Waals surface area contributed by atoms with Gasteiger partial charge in [0.15, 0.2) is 5.13 Å². The fraction of sp³-hybridized carbons (Fsp3) is 0.400. The summed E-state index contributed by atoms with van der Waals surface area (Å²) >= 11 is 1.51. The number of aryl methyl sites for hydroxylation is 2. The van der Waals surface area contributed by atoms with Crippen molar-refractivity contribution in [2.45, 2.75) is 38.1 Å². The van der Waals surface area contributed by atoms with Crippen molar-refractivity contribution in [1.82, 2.24) is 19.5 Å². The highest BCUT2D eigenvalue weighted by Crippen LogP contribution is 2.38. The summed E-state index contributed by atoms with van der Waals surface area (Å²) in [7, 11) is 0. The molecule has 5 nitrogen and oxygen atoms in total. The maximum Gasteiger partial charge on any atom is 0.180 e. The number of hydrogen-bond acceptors (Lipinski definition) is 5. The lowest BCUT2D eigenvalue weighted by atomic mass is 10.2. The number of hydrogen-bond donors (Lipinski definition) is 1. The molecular formula is C15H17N5S.